The molecule has 1 aromatic heterocycles. The van der Waals surface area contributed by atoms with Gasteiger partial charge in [0.15, 0.2) is 5.78 Å². The van der Waals surface area contributed by atoms with E-state index < -0.39 is 0 Å². The van der Waals surface area contributed by atoms with Crippen LogP contribution in [-0.2, 0) is 0 Å². The fourth-order valence-corrected chi connectivity index (χ4v) is 4.10. The Morgan fingerprint density at radius 2 is 2.20 bits per heavy atom. The second-order valence-electron chi connectivity index (χ2n) is 6.79. The fraction of sp³-hybridized carbons (Fsp3) is 0.500. The van der Waals surface area contributed by atoms with Gasteiger partial charge in [-0.2, -0.15) is 0 Å². The van der Waals surface area contributed by atoms with Crippen molar-refractivity contribution >= 4 is 28.5 Å². The molecule has 2 aromatic rings. The highest BCUT2D eigenvalue weighted by Gasteiger charge is 2.27. The maximum atomic E-state index is 12.9. The number of benzene rings is 1. The number of aromatic nitrogens is 1. The summed E-state index contributed by atoms with van der Waals surface area (Å²) in [7, 11) is 1.63. The summed E-state index contributed by atoms with van der Waals surface area (Å²) in [6, 6.07) is 7.49. The molecule has 1 aromatic carbocycles. The summed E-state index contributed by atoms with van der Waals surface area (Å²) >= 11 is 6.16. The van der Waals surface area contributed by atoms with Crippen LogP contribution < -0.4 is 4.74 Å². The fourth-order valence-electron chi connectivity index (χ4n) is 3.83. The van der Waals surface area contributed by atoms with Gasteiger partial charge in [-0.05, 0) is 60.7 Å². The van der Waals surface area contributed by atoms with Crippen LogP contribution in [0.3, 0.4) is 0 Å². The molecular formula is C20H25ClN2O2. The molecule has 2 unspecified atom stereocenters. The van der Waals surface area contributed by atoms with Crippen molar-refractivity contribution in [1.82, 2.24) is 9.40 Å². The highest BCUT2D eigenvalue weighted by molar-refractivity contribution is 6.13. The summed E-state index contributed by atoms with van der Waals surface area (Å²) in [6.45, 7) is 4.04. The average molecular weight is 361 g/mol. The van der Waals surface area contributed by atoms with Crippen LogP contribution in [0.5, 0.6) is 5.75 Å². The van der Waals surface area contributed by atoms with Gasteiger partial charge in [-0.15, -0.1) is 0 Å². The molecule has 2 heterocycles. The van der Waals surface area contributed by atoms with Crippen molar-refractivity contribution in [2.45, 2.75) is 32.6 Å². The number of carbonyl (C=O) groups is 1. The Morgan fingerprint density at radius 1 is 1.36 bits per heavy atom. The van der Waals surface area contributed by atoms with Gasteiger partial charge in [0.25, 0.3) is 0 Å². The van der Waals surface area contributed by atoms with E-state index in [1.807, 2.05) is 28.7 Å². The van der Waals surface area contributed by atoms with Crippen LogP contribution in [0.4, 0.5) is 0 Å². The molecule has 0 N–H and O–H groups in total. The maximum absolute atomic E-state index is 12.9. The van der Waals surface area contributed by atoms with Crippen LogP contribution in [0.1, 0.15) is 43.0 Å². The van der Waals surface area contributed by atoms with Crippen LogP contribution in [0, 0.1) is 11.8 Å². The molecule has 5 heteroatoms. The Labute approximate surface area is 154 Å². The van der Waals surface area contributed by atoms with E-state index in [1.165, 1.54) is 0 Å². The molecule has 1 fully saturated rings. The van der Waals surface area contributed by atoms with Crippen molar-refractivity contribution in [2.75, 3.05) is 20.2 Å². The van der Waals surface area contributed by atoms with Crippen molar-refractivity contribution < 1.29 is 9.53 Å². The van der Waals surface area contributed by atoms with Crippen LogP contribution in [0.25, 0.3) is 10.9 Å². The Morgan fingerprint density at radius 3 is 2.96 bits per heavy atom. The summed E-state index contributed by atoms with van der Waals surface area (Å²) in [5, 5.41) is 0.870. The molecule has 0 radical (unpaired) electrons. The first-order valence-electron chi connectivity index (χ1n) is 8.99. The molecule has 0 spiro atoms. The number of nitrogens with zero attached hydrogens (tertiary/aromatic N) is 2. The summed E-state index contributed by atoms with van der Waals surface area (Å²) in [5.74, 6) is 2.08. The van der Waals surface area contributed by atoms with E-state index in [0.29, 0.717) is 18.3 Å². The van der Waals surface area contributed by atoms with Gasteiger partial charge < -0.3 is 4.74 Å². The Balaban J connectivity index is 1.74. The normalized spacial score (nSPS) is 21.4. The third-order valence-corrected chi connectivity index (χ3v) is 5.66. The Hall–Kier alpha value is -1.65. The average Bonchev–Trinajstić information content (AvgIpc) is 2.65. The molecule has 1 aliphatic rings. The van der Waals surface area contributed by atoms with E-state index in [4.69, 9.17) is 16.5 Å². The zero-order chi connectivity index (χ0) is 17.8. The van der Waals surface area contributed by atoms with E-state index >= 15 is 0 Å². The quantitative estimate of drug-likeness (QED) is 0.552. The lowest BCUT2D eigenvalue weighted by Crippen LogP contribution is -2.35. The predicted molar refractivity (Wildman–Crippen MR) is 101 cm³/mol. The number of hydrogen-bond acceptors (Lipinski definition) is 4. The molecule has 3 rings (SSSR count). The van der Waals surface area contributed by atoms with Crippen LogP contribution in [0.2, 0.25) is 0 Å². The van der Waals surface area contributed by atoms with Gasteiger partial charge in [0, 0.05) is 36.7 Å². The van der Waals surface area contributed by atoms with Gasteiger partial charge in [0.05, 0.1) is 12.6 Å². The lowest BCUT2D eigenvalue weighted by atomic mass is 9.81. The summed E-state index contributed by atoms with van der Waals surface area (Å²) in [5.41, 5.74) is 1.57. The number of carbonyl (C=O) groups excluding carboxylic acids is 1. The number of hydrogen-bond donors (Lipinski definition) is 0. The van der Waals surface area contributed by atoms with Crippen LogP contribution in [-0.4, -0.2) is 35.4 Å². The summed E-state index contributed by atoms with van der Waals surface area (Å²) < 4.78 is 7.18. The minimum absolute atomic E-state index is 0.184. The maximum Gasteiger partial charge on any atom is 0.163 e. The molecule has 1 aliphatic heterocycles. The number of ketones is 1. The van der Waals surface area contributed by atoms with E-state index in [9.17, 15) is 4.79 Å². The van der Waals surface area contributed by atoms with Crippen molar-refractivity contribution in [1.29, 1.82) is 0 Å². The van der Waals surface area contributed by atoms with Gasteiger partial charge in [0.2, 0.25) is 0 Å². The number of rotatable bonds is 6. The topological polar surface area (TPSA) is 42.4 Å². The van der Waals surface area contributed by atoms with Crippen LogP contribution >= 0.6 is 11.8 Å². The monoisotopic (exact) mass is 360 g/mol. The molecule has 4 nitrogen and oxygen atoms in total. The number of pyridine rings is 1. The van der Waals surface area contributed by atoms with Crippen molar-refractivity contribution in [2.24, 2.45) is 11.8 Å². The molecule has 0 bridgehead atoms. The lowest BCUT2D eigenvalue weighted by molar-refractivity contribution is 0.0954. The molecule has 0 aliphatic carbocycles. The van der Waals surface area contributed by atoms with Gasteiger partial charge in [-0.1, -0.05) is 13.3 Å². The smallest absolute Gasteiger partial charge is 0.163 e. The first-order valence-corrected chi connectivity index (χ1v) is 9.32. The van der Waals surface area contributed by atoms with Gasteiger partial charge in [0.1, 0.15) is 5.75 Å². The molecule has 25 heavy (non-hydrogen) atoms. The number of piperidine rings is 1. The Bertz CT molecular complexity index is 750. The first-order chi connectivity index (χ1) is 12.1. The number of methoxy groups -OCH3 is 1. The predicted octanol–water partition coefficient (Wildman–Crippen LogP) is 4.71. The van der Waals surface area contributed by atoms with Crippen molar-refractivity contribution in [3.8, 4) is 5.75 Å². The molecular weight excluding hydrogens is 336 g/mol. The highest BCUT2D eigenvalue weighted by Crippen LogP contribution is 2.32. The zero-order valence-electron chi connectivity index (χ0n) is 14.9. The highest BCUT2D eigenvalue weighted by atomic mass is 35.5. The van der Waals surface area contributed by atoms with E-state index in [-0.39, 0.29) is 5.78 Å². The minimum Gasteiger partial charge on any atom is -0.497 e. The first kappa shape index (κ1) is 18.2. The number of halogens is 1. The second-order valence-corrected chi connectivity index (χ2v) is 7.27. The molecule has 1 saturated heterocycles. The number of fused-ring (bicyclic) bond motifs is 1. The molecule has 0 amide bonds. The Kier molecular flexibility index (Phi) is 5.92. The van der Waals surface area contributed by atoms with Gasteiger partial charge in [-0.3, -0.25) is 9.78 Å². The molecule has 134 valence electrons. The molecule has 0 saturated carbocycles. The lowest BCUT2D eigenvalue weighted by Gasteiger charge is -2.34. The third kappa shape index (κ3) is 4.13. The van der Waals surface area contributed by atoms with Crippen molar-refractivity contribution in [3.05, 3.63) is 36.0 Å². The largest absolute Gasteiger partial charge is 0.497 e. The van der Waals surface area contributed by atoms with Gasteiger partial charge in [-0.25, -0.2) is 4.42 Å². The number of ether oxygens (including phenoxy) is 1. The SMILES string of the molecule is CCC1CN(Cl)CCC1CCC(=O)c1ccnc2ccc(OC)cc12. The number of Topliss-reactive ketones (excluding diaryl/α,β-unsaturated/α-hetero) is 1. The summed E-state index contributed by atoms with van der Waals surface area (Å²) in [6.07, 6.45) is 5.39. The zero-order valence-corrected chi connectivity index (χ0v) is 15.6. The third-order valence-electron chi connectivity index (χ3n) is 5.36. The van der Waals surface area contributed by atoms with E-state index in [1.54, 1.807) is 13.3 Å². The van der Waals surface area contributed by atoms with Gasteiger partial charge >= 0.3 is 0 Å². The van der Waals surface area contributed by atoms with E-state index in [2.05, 4.69) is 11.9 Å². The minimum atomic E-state index is 0.184. The van der Waals surface area contributed by atoms with E-state index in [0.717, 1.165) is 54.6 Å². The van der Waals surface area contributed by atoms with Crippen LogP contribution in [0.15, 0.2) is 30.5 Å². The second kappa shape index (κ2) is 8.15. The molecule has 2 atom stereocenters. The standard InChI is InChI=1S/C20H25ClN2O2/c1-3-14-13-23(21)11-9-15(14)4-7-20(24)17-8-10-22-19-6-5-16(25-2)12-18(17)19/h5-6,8,10,12,14-15H,3-4,7,9,11,13H2,1-2H3. The summed E-state index contributed by atoms with van der Waals surface area (Å²) in [4.78, 5) is 17.2. The van der Waals surface area contributed by atoms with Crippen molar-refractivity contribution in [3.63, 3.8) is 0 Å².